The Morgan fingerprint density at radius 2 is 1.55 bits per heavy atom. The molecule has 0 fully saturated rings. The van der Waals surface area contributed by atoms with Crippen LogP contribution < -0.4 is 9.81 Å². The SMILES string of the molecule is Cc1ccc(S(=O)(=O)Oc2ccc3c4c(c(=O)oc3c2)C(C#N)(C#N)C(C#N)(C#N)[C@H](c2ccccc2)C4)cc1. The fourth-order valence-electron chi connectivity index (χ4n) is 5.30. The quantitative estimate of drug-likeness (QED) is 0.264. The number of fused-ring (bicyclic) bond motifs is 3. The van der Waals surface area contributed by atoms with Gasteiger partial charge in [0.25, 0.3) is 0 Å². The number of hydrogen-bond acceptors (Lipinski definition) is 9. The second-order valence-corrected chi connectivity index (χ2v) is 11.0. The van der Waals surface area contributed by atoms with Gasteiger partial charge in [-0.05, 0) is 48.7 Å². The molecule has 40 heavy (non-hydrogen) atoms. The molecule has 10 heteroatoms. The van der Waals surface area contributed by atoms with Crippen molar-refractivity contribution in [1.29, 1.82) is 21.0 Å². The first-order valence-electron chi connectivity index (χ1n) is 12.0. The van der Waals surface area contributed by atoms with E-state index in [9.17, 15) is 34.3 Å². The third kappa shape index (κ3) is 3.71. The first-order chi connectivity index (χ1) is 19.2. The third-order valence-corrected chi connectivity index (χ3v) is 8.55. The monoisotopic (exact) mass is 546 g/mol. The molecule has 0 N–H and O–H groups in total. The van der Waals surface area contributed by atoms with Crippen molar-refractivity contribution in [3.05, 3.63) is 105 Å². The second kappa shape index (κ2) is 9.40. The summed E-state index contributed by atoms with van der Waals surface area (Å²) in [5.41, 5.74) is -4.52. The van der Waals surface area contributed by atoms with E-state index in [4.69, 9.17) is 8.60 Å². The van der Waals surface area contributed by atoms with Gasteiger partial charge in [-0.3, -0.25) is 0 Å². The zero-order valence-electron chi connectivity index (χ0n) is 21.0. The average molecular weight is 547 g/mol. The Balaban J connectivity index is 1.73. The van der Waals surface area contributed by atoms with Gasteiger partial charge in [0.1, 0.15) is 16.2 Å². The molecule has 3 aromatic carbocycles. The normalized spacial score (nSPS) is 16.9. The van der Waals surface area contributed by atoms with Gasteiger partial charge >= 0.3 is 15.7 Å². The van der Waals surface area contributed by atoms with Crippen LogP contribution >= 0.6 is 0 Å². The Hall–Kier alpha value is -5.42. The highest BCUT2D eigenvalue weighted by Gasteiger charge is 2.65. The van der Waals surface area contributed by atoms with Gasteiger partial charge in [0.15, 0.2) is 5.41 Å². The fourth-order valence-corrected chi connectivity index (χ4v) is 6.22. The van der Waals surface area contributed by atoms with E-state index in [-0.39, 0.29) is 33.8 Å². The van der Waals surface area contributed by atoms with Crippen molar-refractivity contribution < 1.29 is 17.0 Å². The minimum Gasteiger partial charge on any atom is -0.422 e. The van der Waals surface area contributed by atoms with Crippen molar-refractivity contribution in [3.63, 3.8) is 0 Å². The van der Waals surface area contributed by atoms with E-state index in [0.717, 1.165) is 5.56 Å². The summed E-state index contributed by atoms with van der Waals surface area (Å²) in [5, 5.41) is 41.5. The van der Waals surface area contributed by atoms with Crippen molar-refractivity contribution in [2.75, 3.05) is 0 Å². The summed E-state index contributed by atoms with van der Waals surface area (Å²) >= 11 is 0. The second-order valence-electron chi connectivity index (χ2n) is 9.42. The lowest BCUT2D eigenvalue weighted by Crippen LogP contribution is -2.53. The number of benzene rings is 3. The van der Waals surface area contributed by atoms with Crippen LogP contribution in [0.4, 0.5) is 0 Å². The highest BCUT2D eigenvalue weighted by molar-refractivity contribution is 7.87. The predicted octanol–water partition coefficient (Wildman–Crippen LogP) is 4.53. The molecule has 1 aliphatic carbocycles. The van der Waals surface area contributed by atoms with Gasteiger partial charge in [-0.2, -0.15) is 29.5 Å². The summed E-state index contributed by atoms with van der Waals surface area (Å²) in [6.07, 6.45) is -0.0322. The Kier molecular flexibility index (Phi) is 6.16. The molecule has 0 saturated heterocycles. The molecule has 0 radical (unpaired) electrons. The van der Waals surface area contributed by atoms with Crippen LogP contribution in [0.3, 0.4) is 0 Å². The molecule has 9 nitrogen and oxygen atoms in total. The van der Waals surface area contributed by atoms with Crippen LogP contribution in [-0.2, 0) is 22.0 Å². The number of nitrogens with zero attached hydrogens (tertiary/aromatic N) is 4. The van der Waals surface area contributed by atoms with E-state index in [1.165, 1.54) is 30.3 Å². The van der Waals surface area contributed by atoms with Crippen molar-refractivity contribution in [3.8, 4) is 30.0 Å². The van der Waals surface area contributed by atoms with Gasteiger partial charge in [-0.15, -0.1) is 0 Å². The minimum absolute atomic E-state index is 0.0322. The van der Waals surface area contributed by atoms with Gasteiger partial charge in [-0.25, -0.2) is 4.79 Å². The van der Waals surface area contributed by atoms with E-state index in [1.54, 1.807) is 42.5 Å². The summed E-state index contributed by atoms with van der Waals surface area (Å²) in [7, 11) is -4.20. The minimum atomic E-state index is -4.20. The number of nitriles is 4. The van der Waals surface area contributed by atoms with Crippen LogP contribution in [0.5, 0.6) is 5.75 Å². The molecule has 0 aliphatic heterocycles. The molecule has 0 bridgehead atoms. The topological polar surface area (TPSA) is 169 Å². The van der Waals surface area contributed by atoms with Crippen molar-refractivity contribution >= 4 is 21.1 Å². The van der Waals surface area contributed by atoms with Crippen LogP contribution in [0.1, 0.15) is 28.2 Å². The highest BCUT2D eigenvalue weighted by atomic mass is 32.2. The first kappa shape index (κ1) is 26.2. The zero-order chi connectivity index (χ0) is 28.7. The molecule has 0 unspecified atom stereocenters. The molecule has 0 saturated carbocycles. The smallest absolute Gasteiger partial charge is 0.342 e. The van der Waals surface area contributed by atoms with E-state index in [2.05, 4.69) is 0 Å². The van der Waals surface area contributed by atoms with Crippen LogP contribution in [0.15, 0.2) is 86.9 Å². The highest BCUT2D eigenvalue weighted by Crippen LogP contribution is 2.56. The van der Waals surface area contributed by atoms with Gasteiger partial charge in [-0.1, -0.05) is 48.0 Å². The first-order valence-corrected chi connectivity index (χ1v) is 13.4. The lowest BCUT2D eigenvalue weighted by Gasteiger charge is -2.42. The van der Waals surface area contributed by atoms with Gasteiger partial charge < -0.3 is 8.60 Å². The number of aryl methyl sites for hydroxylation is 1. The Morgan fingerprint density at radius 3 is 2.15 bits per heavy atom. The summed E-state index contributed by atoms with van der Waals surface area (Å²) in [4.78, 5) is 13.3. The maximum absolute atomic E-state index is 13.4. The molecule has 5 rings (SSSR count). The number of rotatable bonds is 4. The van der Waals surface area contributed by atoms with Gasteiger partial charge in [0.05, 0.1) is 29.8 Å². The molecule has 0 amide bonds. The van der Waals surface area contributed by atoms with Gasteiger partial charge in [0.2, 0.25) is 5.41 Å². The molecule has 1 aliphatic rings. The van der Waals surface area contributed by atoms with Crippen LogP contribution in [0.25, 0.3) is 11.0 Å². The van der Waals surface area contributed by atoms with Crippen LogP contribution in [0, 0.1) is 57.7 Å². The van der Waals surface area contributed by atoms with E-state index in [1.807, 2.05) is 31.2 Å². The van der Waals surface area contributed by atoms with Crippen molar-refractivity contribution in [2.24, 2.45) is 5.41 Å². The van der Waals surface area contributed by atoms with Crippen molar-refractivity contribution in [1.82, 2.24) is 0 Å². The number of hydrogen-bond donors (Lipinski definition) is 0. The summed E-state index contributed by atoms with van der Waals surface area (Å²) < 4.78 is 36.4. The molecular formula is C30H18N4O5S. The molecule has 1 atom stereocenters. The summed E-state index contributed by atoms with van der Waals surface area (Å²) in [5.74, 6) is -1.07. The maximum atomic E-state index is 13.4. The predicted molar refractivity (Wildman–Crippen MR) is 141 cm³/mol. The molecule has 1 heterocycles. The lowest BCUT2D eigenvalue weighted by molar-refractivity contribution is 0.287. The summed E-state index contributed by atoms with van der Waals surface area (Å²) in [6.45, 7) is 1.82. The van der Waals surface area contributed by atoms with Gasteiger partial charge in [0, 0.05) is 17.4 Å². The molecular weight excluding hydrogens is 528 g/mol. The van der Waals surface area contributed by atoms with E-state index < -0.39 is 32.5 Å². The van der Waals surface area contributed by atoms with Crippen LogP contribution in [-0.4, -0.2) is 8.42 Å². The fraction of sp³-hybridized carbons (Fsp3) is 0.167. The standard InChI is InChI=1S/C30H18N4O5S/c1-19-7-10-22(11-8-19)40(36,37)39-21-9-12-23-24-14-25(20-5-3-2-4-6-20)29(15-31,16-32)30(17-33,18-34)27(24)28(35)38-26(23)13-21/h2-13,25H,14H2,1H3/t25-/m0/s1. The maximum Gasteiger partial charge on any atom is 0.342 e. The Labute approximate surface area is 229 Å². The molecule has 0 spiro atoms. The van der Waals surface area contributed by atoms with E-state index in [0.29, 0.717) is 10.9 Å². The molecule has 4 aromatic rings. The largest absolute Gasteiger partial charge is 0.422 e. The van der Waals surface area contributed by atoms with Crippen LogP contribution in [0.2, 0.25) is 0 Å². The molecule has 1 aromatic heterocycles. The Morgan fingerprint density at radius 1 is 0.900 bits per heavy atom. The third-order valence-electron chi connectivity index (χ3n) is 7.29. The zero-order valence-corrected chi connectivity index (χ0v) is 21.8. The average Bonchev–Trinajstić information content (AvgIpc) is 2.96. The molecule has 194 valence electrons. The lowest BCUT2D eigenvalue weighted by atomic mass is 9.50. The Bertz CT molecular complexity index is 1980. The summed E-state index contributed by atoms with van der Waals surface area (Å²) in [6, 6.07) is 26.1. The van der Waals surface area contributed by atoms with E-state index >= 15 is 0 Å². The van der Waals surface area contributed by atoms with Crippen molar-refractivity contribution in [2.45, 2.75) is 29.6 Å².